The number of hydrogen-bond acceptors (Lipinski definition) is 5. The molecule has 1 aromatic rings. The van der Waals surface area contributed by atoms with Crippen LogP contribution >= 0.6 is 11.8 Å². The molecule has 25 heavy (non-hydrogen) atoms. The van der Waals surface area contributed by atoms with Crippen molar-refractivity contribution in [3.8, 4) is 0 Å². The average Bonchev–Trinajstić information content (AvgIpc) is 2.61. The van der Waals surface area contributed by atoms with Crippen LogP contribution in [0.15, 0.2) is 29.2 Å². The predicted octanol–water partition coefficient (Wildman–Crippen LogP) is 1.33. The van der Waals surface area contributed by atoms with Crippen molar-refractivity contribution < 1.29 is 19.1 Å². The molecule has 0 bridgehead atoms. The lowest BCUT2D eigenvalue weighted by Crippen LogP contribution is -2.51. The number of carbonyl (C=O) groups is 2. The first kappa shape index (κ1) is 19.8. The summed E-state index contributed by atoms with van der Waals surface area (Å²) in [5.41, 5.74) is 0.975. The fourth-order valence-electron chi connectivity index (χ4n) is 2.54. The zero-order valence-electron chi connectivity index (χ0n) is 15.0. The third kappa shape index (κ3) is 6.34. The first-order valence-electron chi connectivity index (χ1n) is 8.31. The van der Waals surface area contributed by atoms with E-state index in [-0.39, 0.29) is 30.6 Å². The van der Waals surface area contributed by atoms with Gasteiger partial charge in [0.15, 0.2) is 0 Å². The van der Waals surface area contributed by atoms with E-state index < -0.39 is 0 Å². The number of likely N-dealkylation sites (N-methyl/N-ethyl adjacent to an activating group) is 1. The van der Waals surface area contributed by atoms with E-state index in [0.717, 1.165) is 5.56 Å². The maximum atomic E-state index is 12.3. The number of hydrogen-bond donors (Lipinski definition) is 1. The lowest BCUT2D eigenvalue weighted by molar-refractivity contribution is -0.141. The zero-order chi connectivity index (χ0) is 18.2. The second-order valence-electron chi connectivity index (χ2n) is 6.20. The molecule has 1 aromatic carbocycles. The van der Waals surface area contributed by atoms with E-state index >= 15 is 0 Å². The van der Waals surface area contributed by atoms with Crippen molar-refractivity contribution in [2.24, 2.45) is 0 Å². The van der Waals surface area contributed by atoms with Gasteiger partial charge in [-0.2, -0.15) is 0 Å². The molecule has 6 nitrogen and oxygen atoms in total. The molecule has 2 rings (SSSR count). The minimum Gasteiger partial charge on any atom is -0.379 e. The molecule has 1 fully saturated rings. The van der Waals surface area contributed by atoms with Crippen LogP contribution in [0.5, 0.6) is 0 Å². The van der Waals surface area contributed by atoms with Crippen molar-refractivity contribution in [3.63, 3.8) is 0 Å². The predicted molar refractivity (Wildman–Crippen MR) is 97.7 cm³/mol. The minimum absolute atomic E-state index is 0.0104. The van der Waals surface area contributed by atoms with Crippen LogP contribution in [0.4, 0.5) is 0 Å². The molecule has 1 aliphatic heterocycles. The monoisotopic (exact) mass is 366 g/mol. The summed E-state index contributed by atoms with van der Waals surface area (Å²) in [6.45, 7) is 0.951. The Balaban J connectivity index is 1.86. The summed E-state index contributed by atoms with van der Waals surface area (Å²) in [6, 6.07) is 7.83. The molecule has 7 heteroatoms. The number of nitrogens with zero attached hydrogens (tertiary/aromatic N) is 1. The van der Waals surface area contributed by atoms with Crippen molar-refractivity contribution in [3.05, 3.63) is 29.8 Å². The summed E-state index contributed by atoms with van der Waals surface area (Å²) >= 11 is 1.67. The van der Waals surface area contributed by atoms with Gasteiger partial charge in [-0.05, 0) is 30.4 Å². The van der Waals surface area contributed by atoms with Crippen LogP contribution < -0.4 is 5.32 Å². The Kier molecular flexibility index (Phi) is 7.74. The molecule has 1 heterocycles. The lowest BCUT2D eigenvalue weighted by atomic mass is 10.0. The van der Waals surface area contributed by atoms with Crippen LogP contribution in [0.2, 0.25) is 0 Å². The second-order valence-corrected chi connectivity index (χ2v) is 7.08. The number of ether oxygens (including phenoxy) is 2. The molecule has 0 radical (unpaired) electrons. The summed E-state index contributed by atoms with van der Waals surface area (Å²) in [7, 11) is 3.37. The van der Waals surface area contributed by atoms with Crippen LogP contribution in [-0.4, -0.2) is 69.0 Å². The van der Waals surface area contributed by atoms with E-state index in [9.17, 15) is 9.59 Å². The Labute approximate surface area is 153 Å². The maximum Gasteiger partial charge on any atom is 0.248 e. The number of amides is 2. The Hall–Kier alpha value is -1.57. The summed E-state index contributed by atoms with van der Waals surface area (Å²) in [4.78, 5) is 26.7. The van der Waals surface area contributed by atoms with Gasteiger partial charge in [0.25, 0.3) is 0 Å². The van der Waals surface area contributed by atoms with E-state index in [1.165, 1.54) is 9.80 Å². The Morgan fingerprint density at radius 1 is 1.32 bits per heavy atom. The van der Waals surface area contributed by atoms with Gasteiger partial charge in [-0.1, -0.05) is 12.1 Å². The summed E-state index contributed by atoms with van der Waals surface area (Å²) in [5.74, 6) is -0.152. The minimum atomic E-state index is -0.305. The number of thioether (sulfide) groups is 1. The van der Waals surface area contributed by atoms with Crippen LogP contribution in [0.25, 0.3) is 0 Å². The summed E-state index contributed by atoms with van der Waals surface area (Å²) in [6.07, 6.45) is 2.72. The standard InChI is InChI=1S/C18H26N2O4S/c1-20(2)18(22)12-24-16-11-23-9-8-15(16)19-17(21)10-13-4-6-14(25-3)7-5-13/h4-7,15-16H,8-12H2,1-3H3,(H,19,21)/t15-,16-/m1/s1. The Bertz CT molecular complexity index is 577. The van der Waals surface area contributed by atoms with Crippen molar-refractivity contribution in [1.29, 1.82) is 0 Å². The lowest BCUT2D eigenvalue weighted by Gasteiger charge is -2.32. The van der Waals surface area contributed by atoms with Crippen LogP contribution in [0.1, 0.15) is 12.0 Å². The largest absolute Gasteiger partial charge is 0.379 e. The number of benzene rings is 1. The van der Waals surface area contributed by atoms with Gasteiger partial charge in [-0.25, -0.2) is 0 Å². The van der Waals surface area contributed by atoms with E-state index in [1.807, 2.05) is 30.5 Å². The molecular formula is C18H26N2O4S. The highest BCUT2D eigenvalue weighted by atomic mass is 32.2. The molecule has 0 aliphatic carbocycles. The zero-order valence-corrected chi connectivity index (χ0v) is 15.8. The van der Waals surface area contributed by atoms with E-state index in [0.29, 0.717) is 26.1 Å². The first-order valence-corrected chi connectivity index (χ1v) is 9.54. The van der Waals surface area contributed by atoms with Gasteiger partial charge in [0.1, 0.15) is 12.7 Å². The third-order valence-electron chi connectivity index (χ3n) is 4.09. The molecule has 1 N–H and O–H groups in total. The molecule has 138 valence electrons. The molecule has 1 saturated heterocycles. The van der Waals surface area contributed by atoms with Gasteiger partial charge in [0, 0.05) is 25.6 Å². The molecule has 2 amide bonds. The topological polar surface area (TPSA) is 67.9 Å². The fourth-order valence-corrected chi connectivity index (χ4v) is 2.94. The van der Waals surface area contributed by atoms with Crippen molar-refractivity contribution >= 4 is 23.6 Å². The molecule has 0 aromatic heterocycles. The van der Waals surface area contributed by atoms with Crippen molar-refractivity contribution in [2.75, 3.05) is 40.2 Å². The third-order valence-corrected chi connectivity index (χ3v) is 4.84. The second kappa shape index (κ2) is 9.79. The maximum absolute atomic E-state index is 12.3. The number of nitrogens with one attached hydrogen (secondary N) is 1. The molecule has 0 saturated carbocycles. The molecule has 0 unspecified atom stereocenters. The van der Waals surface area contributed by atoms with Crippen LogP contribution in [0, 0.1) is 0 Å². The van der Waals surface area contributed by atoms with E-state index in [2.05, 4.69) is 5.32 Å². The highest BCUT2D eigenvalue weighted by Gasteiger charge is 2.28. The van der Waals surface area contributed by atoms with Gasteiger partial charge >= 0.3 is 0 Å². The SMILES string of the molecule is CSc1ccc(CC(=O)N[C@@H]2CCOC[C@H]2OCC(=O)N(C)C)cc1. The summed E-state index contributed by atoms with van der Waals surface area (Å²) < 4.78 is 11.1. The van der Waals surface area contributed by atoms with E-state index in [4.69, 9.17) is 9.47 Å². The van der Waals surface area contributed by atoms with Crippen LogP contribution in [0.3, 0.4) is 0 Å². The van der Waals surface area contributed by atoms with Gasteiger partial charge in [-0.3, -0.25) is 9.59 Å². The van der Waals surface area contributed by atoms with Crippen molar-refractivity contribution in [2.45, 2.75) is 29.9 Å². The Morgan fingerprint density at radius 2 is 2.04 bits per heavy atom. The normalized spacial score (nSPS) is 20.1. The highest BCUT2D eigenvalue weighted by molar-refractivity contribution is 7.98. The molecule has 1 aliphatic rings. The first-order chi connectivity index (χ1) is 12.0. The van der Waals surface area contributed by atoms with Gasteiger partial charge in [0.2, 0.25) is 11.8 Å². The van der Waals surface area contributed by atoms with Crippen molar-refractivity contribution in [1.82, 2.24) is 10.2 Å². The smallest absolute Gasteiger partial charge is 0.248 e. The van der Waals surface area contributed by atoms with Crippen LogP contribution in [-0.2, 0) is 25.5 Å². The Morgan fingerprint density at radius 3 is 2.68 bits per heavy atom. The van der Waals surface area contributed by atoms with Gasteiger partial charge in [-0.15, -0.1) is 11.8 Å². The van der Waals surface area contributed by atoms with E-state index in [1.54, 1.807) is 25.9 Å². The number of rotatable bonds is 7. The molecular weight excluding hydrogens is 340 g/mol. The average molecular weight is 366 g/mol. The number of carbonyl (C=O) groups excluding carboxylic acids is 2. The van der Waals surface area contributed by atoms with Gasteiger partial charge in [0.05, 0.1) is 19.1 Å². The fraction of sp³-hybridized carbons (Fsp3) is 0.556. The molecule has 2 atom stereocenters. The highest BCUT2D eigenvalue weighted by Crippen LogP contribution is 2.16. The quantitative estimate of drug-likeness (QED) is 0.738. The summed E-state index contributed by atoms with van der Waals surface area (Å²) in [5, 5.41) is 3.02. The van der Waals surface area contributed by atoms with Gasteiger partial charge < -0.3 is 19.7 Å². The molecule has 0 spiro atoms.